The van der Waals surface area contributed by atoms with Crippen molar-refractivity contribution < 1.29 is 34.4 Å². The van der Waals surface area contributed by atoms with Crippen molar-refractivity contribution in [2.75, 3.05) is 0 Å². The highest BCUT2D eigenvalue weighted by molar-refractivity contribution is 7.94. The quantitative estimate of drug-likeness (QED) is 0.391. The van der Waals surface area contributed by atoms with E-state index in [-0.39, 0.29) is 4.90 Å². The van der Waals surface area contributed by atoms with E-state index in [4.69, 9.17) is 5.26 Å². The van der Waals surface area contributed by atoms with Gasteiger partial charge in [0.15, 0.2) is 0 Å². The number of carbonyl (C=O) groups is 2. The maximum atomic E-state index is 10.6. The molecule has 8 heteroatoms. The molecule has 0 fully saturated rings. The Morgan fingerprint density at radius 1 is 1.19 bits per heavy atom. The van der Waals surface area contributed by atoms with Gasteiger partial charge >= 0.3 is 0 Å². The molecule has 0 unspecified atom stereocenters. The Morgan fingerprint density at radius 2 is 1.81 bits per heavy atom. The van der Waals surface area contributed by atoms with Gasteiger partial charge in [-0.3, -0.25) is 0 Å². The maximum absolute atomic E-state index is 10.6. The van der Waals surface area contributed by atoms with Crippen LogP contribution >= 0.6 is 12.0 Å². The molecule has 1 rings (SSSR count). The smallest absolute Gasteiger partial charge is 0.0722 e. The molecule has 0 heterocycles. The lowest BCUT2D eigenvalue weighted by atomic mass is 10.1. The number of carboxylic acids is 2. The van der Waals surface area contributed by atoms with Crippen LogP contribution in [0.5, 0.6) is 0 Å². The second-order valence-corrected chi connectivity index (χ2v) is 3.28. The molecule has 0 saturated carbocycles. The first-order valence-corrected chi connectivity index (χ1v) is 4.52. The summed E-state index contributed by atoms with van der Waals surface area (Å²) >= 11 is 0.496. The van der Waals surface area contributed by atoms with Gasteiger partial charge in [0, 0.05) is 16.0 Å². The Kier molecular flexibility index (Phi) is 4.26. The predicted octanol–water partition coefficient (Wildman–Crippen LogP) is -1.16. The maximum Gasteiger partial charge on any atom is 0.0722 e. The van der Waals surface area contributed by atoms with Gasteiger partial charge in [-0.2, -0.15) is 0 Å². The van der Waals surface area contributed by atoms with Crippen LogP contribution in [0.1, 0.15) is 20.7 Å². The SMILES string of the molecule is O=C([O-])c1ccc(SOOO)cc1C(=O)[O-]. The van der Waals surface area contributed by atoms with E-state index in [1.54, 1.807) is 0 Å². The average Bonchev–Trinajstić information content (AvgIpc) is 2.25. The standard InChI is InChI=1S/C8H6O7S/c9-7(10)5-2-1-4(16-15-14-13)3-6(5)8(11)12/h1-3,13H,(H,9,10)(H,11,12)/p-2. The van der Waals surface area contributed by atoms with E-state index in [0.717, 1.165) is 12.1 Å². The highest BCUT2D eigenvalue weighted by Gasteiger charge is 2.07. The molecule has 0 aromatic heterocycles. The molecular formula is C8H4O7S-2. The van der Waals surface area contributed by atoms with E-state index >= 15 is 0 Å². The van der Waals surface area contributed by atoms with Crippen LogP contribution in [-0.4, -0.2) is 17.2 Å². The summed E-state index contributed by atoms with van der Waals surface area (Å²) in [7, 11) is 0. The Labute approximate surface area is 93.3 Å². The second-order valence-electron chi connectivity index (χ2n) is 2.51. The van der Waals surface area contributed by atoms with Crippen molar-refractivity contribution in [3.63, 3.8) is 0 Å². The molecule has 0 aliphatic heterocycles. The van der Waals surface area contributed by atoms with E-state index < -0.39 is 23.1 Å². The van der Waals surface area contributed by atoms with Crippen molar-refractivity contribution >= 4 is 24.0 Å². The van der Waals surface area contributed by atoms with E-state index in [2.05, 4.69) is 9.37 Å². The number of aromatic carboxylic acids is 2. The summed E-state index contributed by atoms with van der Waals surface area (Å²) in [5.41, 5.74) is -1.05. The molecule has 86 valence electrons. The van der Waals surface area contributed by atoms with E-state index in [1.165, 1.54) is 6.07 Å². The van der Waals surface area contributed by atoms with Gasteiger partial charge in [0.05, 0.1) is 24.0 Å². The zero-order chi connectivity index (χ0) is 12.1. The first-order valence-electron chi connectivity index (χ1n) is 3.77. The summed E-state index contributed by atoms with van der Waals surface area (Å²) < 4.78 is 4.05. The third-order valence-electron chi connectivity index (χ3n) is 1.59. The Bertz CT molecular complexity index is 417. The molecular weight excluding hydrogens is 240 g/mol. The molecule has 0 radical (unpaired) electrons. The van der Waals surface area contributed by atoms with Gasteiger partial charge in [-0.05, 0) is 12.1 Å². The van der Waals surface area contributed by atoms with Gasteiger partial charge in [-0.1, -0.05) is 11.1 Å². The summed E-state index contributed by atoms with van der Waals surface area (Å²) in [5.74, 6) is -3.29. The fourth-order valence-electron chi connectivity index (χ4n) is 0.977. The minimum atomic E-state index is -1.66. The van der Waals surface area contributed by atoms with Crippen LogP contribution in [0.3, 0.4) is 0 Å². The Balaban J connectivity index is 3.07. The van der Waals surface area contributed by atoms with E-state index in [9.17, 15) is 19.8 Å². The normalized spacial score (nSPS) is 10.1. The van der Waals surface area contributed by atoms with Gasteiger partial charge in [-0.25, -0.2) is 5.26 Å². The number of benzene rings is 1. The van der Waals surface area contributed by atoms with Crippen LogP contribution in [0, 0.1) is 0 Å². The third kappa shape index (κ3) is 2.94. The molecule has 0 amide bonds. The largest absolute Gasteiger partial charge is 0.545 e. The molecule has 1 N–H and O–H groups in total. The molecule has 1 aromatic carbocycles. The number of hydrogen-bond acceptors (Lipinski definition) is 8. The minimum absolute atomic E-state index is 0.207. The fraction of sp³-hybridized carbons (Fsp3) is 0. The molecule has 7 nitrogen and oxygen atoms in total. The van der Waals surface area contributed by atoms with Crippen LogP contribution in [0.15, 0.2) is 23.1 Å². The Morgan fingerprint density at radius 3 is 2.31 bits per heavy atom. The van der Waals surface area contributed by atoms with Gasteiger partial charge in [0.25, 0.3) is 0 Å². The lowest BCUT2D eigenvalue weighted by molar-refractivity contribution is -0.432. The summed E-state index contributed by atoms with van der Waals surface area (Å²) in [6.45, 7) is 0. The molecule has 0 saturated heterocycles. The van der Waals surface area contributed by atoms with Crippen molar-refractivity contribution in [1.82, 2.24) is 0 Å². The van der Waals surface area contributed by atoms with Gasteiger partial charge < -0.3 is 19.8 Å². The number of hydrogen-bond donors (Lipinski definition) is 1. The minimum Gasteiger partial charge on any atom is -0.545 e. The molecule has 0 aliphatic rings. The van der Waals surface area contributed by atoms with Crippen molar-refractivity contribution in [1.29, 1.82) is 0 Å². The van der Waals surface area contributed by atoms with Gasteiger partial charge in [-0.15, -0.1) is 4.33 Å². The van der Waals surface area contributed by atoms with Crippen LogP contribution in [-0.2, 0) is 9.37 Å². The predicted molar refractivity (Wildman–Crippen MR) is 45.8 cm³/mol. The molecule has 0 aliphatic carbocycles. The van der Waals surface area contributed by atoms with Gasteiger partial charge in [0.1, 0.15) is 0 Å². The van der Waals surface area contributed by atoms with E-state index in [1.807, 2.05) is 0 Å². The molecule has 0 atom stereocenters. The monoisotopic (exact) mass is 244 g/mol. The summed E-state index contributed by atoms with van der Waals surface area (Å²) in [5, 5.41) is 32.3. The number of carboxylic acid groups (broad SMARTS) is 2. The molecule has 0 spiro atoms. The first kappa shape index (κ1) is 12.5. The molecule has 0 bridgehead atoms. The summed E-state index contributed by atoms with van der Waals surface area (Å²) in [6, 6.07) is 3.26. The molecule has 16 heavy (non-hydrogen) atoms. The summed E-state index contributed by atoms with van der Waals surface area (Å²) in [4.78, 5) is 21.4. The number of rotatable bonds is 5. The zero-order valence-electron chi connectivity index (χ0n) is 7.54. The lowest BCUT2D eigenvalue weighted by Crippen LogP contribution is -2.30. The third-order valence-corrected chi connectivity index (χ3v) is 2.17. The lowest BCUT2D eigenvalue weighted by Gasteiger charge is -2.12. The highest BCUT2D eigenvalue weighted by atomic mass is 32.2. The van der Waals surface area contributed by atoms with Crippen LogP contribution in [0.4, 0.5) is 0 Å². The Hall–Kier alpha value is -1.61. The van der Waals surface area contributed by atoms with Crippen molar-refractivity contribution in [3.05, 3.63) is 29.3 Å². The fourth-order valence-corrected chi connectivity index (χ4v) is 1.38. The number of carbonyl (C=O) groups excluding carboxylic acids is 2. The summed E-state index contributed by atoms with van der Waals surface area (Å²) in [6.07, 6.45) is 0. The van der Waals surface area contributed by atoms with Crippen LogP contribution < -0.4 is 10.2 Å². The average molecular weight is 244 g/mol. The highest BCUT2D eigenvalue weighted by Crippen LogP contribution is 2.22. The topological polar surface area (TPSA) is 119 Å². The van der Waals surface area contributed by atoms with Crippen molar-refractivity contribution in [3.8, 4) is 0 Å². The van der Waals surface area contributed by atoms with Gasteiger partial charge in [0.2, 0.25) is 0 Å². The van der Waals surface area contributed by atoms with Crippen molar-refractivity contribution in [2.24, 2.45) is 0 Å². The molecule has 1 aromatic rings. The van der Waals surface area contributed by atoms with Crippen molar-refractivity contribution in [2.45, 2.75) is 4.90 Å². The van der Waals surface area contributed by atoms with Crippen LogP contribution in [0.25, 0.3) is 0 Å². The van der Waals surface area contributed by atoms with Crippen LogP contribution in [0.2, 0.25) is 0 Å². The zero-order valence-corrected chi connectivity index (χ0v) is 8.35. The first-order chi connectivity index (χ1) is 7.56. The second kappa shape index (κ2) is 5.47. The van der Waals surface area contributed by atoms with E-state index in [0.29, 0.717) is 12.0 Å².